The predicted molar refractivity (Wildman–Crippen MR) is 147 cm³/mol. The summed E-state index contributed by atoms with van der Waals surface area (Å²) >= 11 is 0. The first-order valence-corrected chi connectivity index (χ1v) is 12.7. The number of amides is 1. The van der Waals surface area contributed by atoms with Crippen LogP contribution in [0.25, 0.3) is 22.1 Å². The van der Waals surface area contributed by atoms with Crippen molar-refractivity contribution in [2.75, 3.05) is 36.4 Å². The number of fused-ring (bicyclic) bond motifs is 2. The molecule has 0 saturated carbocycles. The molecule has 3 aromatic heterocycles. The lowest BCUT2D eigenvalue weighted by atomic mass is 10.2. The van der Waals surface area contributed by atoms with Gasteiger partial charge in [-0.25, -0.2) is 19.9 Å². The molecule has 0 spiro atoms. The van der Waals surface area contributed by atoms with Gasteiger partial charge in [-0.2, -0.15) is 13.5 Å². The van der Waals surface area contributed by atoms with E-state index in [1.807, 2.05) is 24.0 Å². The van der Waals surface area contributed by atoms with Crippen molar-refractivity contribution >= 4 is 45.4 Å². The van der Waals surface area contributed by atoms with Gasteiger partial charge in [0, 0.05) is 37.9 Å². The molecule has 0 radical (unpaired) electrons. The van der Waals surface area contributed by atoms with E-state index in [9.17, 15) is 13.6 Å². The first-order chi connectivity index (χ1) is 19.9. The number of hydrogen-bond acceptors (Lipinski definition) is 10. The van der Waals surface area contributed by atoms with Gasteiger partial charge < -0.3 is 19.9 Å². The fraction of sp³-hybridized carbons (Fsp3) is 0.222. The molecule has 41 heavy (non-hydrogen) atoms. The third-order valence-corrected chi connectivity index (χ3v) is 6.71. The number of ether oxygens (including phenoxy) is 1. The van der Waals surface area contributed by atoms with Gasteiger partial charge in [0.05, 0.1) is 11.7 Å². The third-order valence-electron chi connectivity index (χ3n) is 6.71. The van der Waals surface area contributed by atoms with E-state index in [2.05, 4.69) is 37.2 Å². The van der Waals surface area contributed by atoms with Gasteiger partial charge >= 0.3 is 6.55 Å². The minimum Gasteiger partial charge on any atom is -0.457 e. The molecule has 208 valence electrons. The molecule has 12 nitrogen and oxygen atoms in total. The molecule has 4 heterocycles. The van der Waals surface area contributed by atoms with Crippen molar-refractivity contribution in [3.05, 3.63) is 67.1 Å². The van der Waals surface area contributed by atoms with Crippen LogP contribution in [0.3, 0.4) is 0 Å². The number of aromatic nitrogens is 7. The number of halogens is 2. The van der Waals surface area contributed by atoms with Crippen molar-refractivity contribution in [3.63, 3.8) is 0 Å². The monoisotopic (exact) mass is 558 g/mol. The number of carbonyl (C=O) groups is 1. The SMILES string of the molecule is C=CC(=O)N1CCN(c2ncc3ncnc(Nc4ccc(Oc5ccc6c(c5)nnn6C(F)F)c(C)c4)c3n2)CC1. The summed E-state index contributed by atoms with van der Waals surface area (Å²) < 4.78 is 32.7. The van der Waals surface area contributed by atoms with Crippen molar-refractivity contribution in [2.45, 2.75) is 13.5 Å². The Morgan fingerprint density at radius 2 is 1.90 bits per heavy atom. The molecule has 1 aliphatic rings. The second kappa shape index (κ2) is 10.7. The van der Waals surface area contributed by atoms with Crippen molar-refractivity contribution < 1.29 is 18.3 Å². The molecule has 2 aromatic carbocycles. The van der Waals surface area contributed by atoms with Crippen LogP contribution in [0.4, 0.5) is 26.2 Å². The Hall–Kier alpha value is -5.27. The van der Waals surface area contributed by atoms with Gasteiger partial charge in [0.2, 0.25) is 11.9 Å². The summed E-state index contributed by atoms with van der Waals surface area (Å²) in [5, 5.41) is 10.6. The maximum absolute atomic E-state index is 13.1. The third kappa shape index (κ3) is 5.18. The number of piperazine rings is 1. The summed E-state index contributed by atoms with van der Waals surface area (Å²) in [6, 6.07) is 10.2. The van der Waals surface area contributed by atoms with Crippen LogP contribution in [0.5, 0.6) is 11.5 Å². The molecule has 1 saturated heterocycles. The zero-order chi connectivity index (χ0) is 28.5. The average molecular weight is 559 g/mol. The molecule has 1 fully saturated rings. The van der Waals surface area contributed by atoms with Crippen LogP contribution >= 0.6 is 0 Å². The summed E-state index contributed by atoms with van der Waals surface area (Å²) in [4.78, 5) is 33.6. The smallest absolute Gasteiger partial charge is 0.335 e. The van der Waals surface area contributed by atoms with E-state index in [4.69, 9.17) is 9.72 Å². The zero-order valence-electron chi connectivity index (χ0n) is 21.9. The first-order valence-electron chi connectivity index (χ1n) is 12.7. The first kappa shape index (κ1) is 26.0. The lowest BCUT2D eigenvalue weighted by Gasteiger charge is -2.34. The van der Waals surface area contributed by atoms with Crippen LogP contribution in [0.2, 0.25) is 0 Å². The quantitative estimate of drug-likeness (QED) is 0.290. The van der Waals surface area contributed by atoms with Gasteiger partial charge in [-0.1, -0.05) is 11.8 Å². The van der Waals surface area contributed by atoms with Crippen molar-refractivity contribution in [2.24, 2.45) is 0 Å². The maximum Gasteiger partial charge on any atom is 0.335 e. The molecule has 5 aromatic rings. The van der Waals surface area contributed by atoms with Crippen LogP contribution in [0.1, 0.15) is 12.1 Å². The number of alkyl halides is 2. The highest BCUT2D eigenvalue weighted by Gasteiger charge is 2.22. The molecule has 1 aliphatic heterocycles. The standard InChI is InChI=1S/C27H24F2N10O2/c1-3-23(40)37-8-10-38(11-9-37)27-30-14-20-24(34-27)25(32-15-31-20)33-17-4-7-22(16(2)12-17)41-18-5-6-21-19(13-18)35-36-39(21)26(28)29/h3-7,12-15,26H,1,8-11H2,2H3,(H,31,32,33). The van der Waals surface area contributed by atoms with Crippen molar-refractivity contribution in [1.29, 1.82) is 0 Å². The van der Waals surface area contributed by atoms with Gasteiger partial charge in [-0.3, -0.25) is 4.79 Å². The van der Waals surface area contributed by atoms with E-state index in [0.717, 1.165) is 11.3 Å². The van der Waals surface area contributed by atoms with Crippen molar-refractivity contribution in [3.8, 4) is 11.5 Å². The molecular formula is C27H24F2N10O2. The molecule has 0 aliphatic carbocycles. The van der Waals surface area contributed by atoms with Crippen LogP contribution in [0, 0.1) is 6.92 Å². The number of aryl methyl sites for hydroxylation is 1. The van der Waals surface area contributed by atoms with E-state index in [1.54, 1.807) is 29.3 Å². The van der Waals surface area contributed by atoms with Crippen LogP contribution < -0.4 is 15.0 Å². The Morgan fingerprint density at radius 1 is 1.07 bits per heavy atom. The van der Waals surface area contributed by atoms with E-state index in [0.29, 0.717) is 70.7 Å². The number of rotatable bonds is 7. The van der Waals surface area contributed by atoms with E-state index < -0.39 is 6.55 Å². The molecule has 0 unspecified atom stereocenters. The molecular weight excluding hydrogens is 534 g/mol. The van der Waals surface area contributed by atoms with Crippen LogP contribution in [-0.4, -0.2) is 71.9 Å². The summed E-state index contributed by atoms with van der Waals surface area (Å²) in [6.45, 7) is 4.97. The lowest BCUT2D eigenvalue weighted by molar-refractivity contribution is -0.126. The highest BCUT2D eigenvalue weighted by molar-refractivity contribution is 5.88. The number of carbonyl (C=O) groups excluding carboxylic acids is 1. The summed E-state index contributed by atoms with van der Waals surface area (Å²) in [6.07, 6.45) is 4.42. The average Bonchev–Trinajstić information content (AvgIpc) is 3.42. The Bertz CT molecular complexity index is 1770. The summed E-state index contributed by atoms with van der Waals surface area (Å²) in [7, 11) is 0. The molecule has 1 amide bonds. The van der Waals surface area contributed by atoms with E-state index in [1.165, 1.54) is 18.5 Å². The molecule has 6 rings (SSSR count). The topological polar surface area (TPSA) is 127 Å². The normalized spacial score (nSPS) is 13.7. The van der Waals surface area contributed by atoms with Gasteiger partial charge in [0.1, 0.15) is 34.4 Å². The largest absolute Gasteiger partial charge is 0.457 e. The van der Waals surface area contributed by atoms with Crippen molar-refractivity contribution in [1.82, 2.24) is 39.8 Å². The van der Waals surface area contributed by atoms with Crippen LogP contribution in [-0.2, 0) is 4.79 Å². The number of nitrogens with zero attached hydrogens (tertiary/aromatic N) is 9. The zero-order valence-corrected chi connectivity index (χ0v) is 21.9. The molecule has 0 atom stereocenters. The fourth-order valence-corrected chi connectivity index (χ4v) is 4.58. The molecule has 14 heteroatoms. The number of benzene rings is 2. The Morgan fingerprint density at radius 3 is 2.66 bits per heavy atom. The predicted octanol–water partition coefficient (Wildman–Crippen LogP) is 4.24. The highest BCUT2D eigenvalue weighted by atomic mass is 19.3. The second-order valence-corrected chi connectivity index (χ2v) is 9.31. The number of hydrogen-bond donors (Lipinski definition) is 1. The minimum absolute atomic E-state index is 0.0874. The van der Waals surface area contributed by atoms with E-state index in [-0.39, 0.29) is 11.4 Å². The van der Waals surface area contributed by atoms with Crippen LogP contribution in [0.15, 0.2) is 61.6 Å². The molecule has 1 N–H and O–H groups in total. The maximum atomic E-state index is 13.1. The highest BCUT2D eigenvalue weighted by Crippen LogP contribution is 2.31. The Kier molecular flexibility index (Phi) is 6.79. The fourth-order valence-electron chi connectivity index (χ4n) is 4.58. The van der Waals surface area contributed by atoms with Gasteiger partial charge in [-0.05, 0) is 48.9 Å². The molecule has 0 bridgehead atoms. The number of nitrogens with one attached hydrogen (secondary N) is 1. The van der Waals surface area contributed by atoms with Gasteiger partial charge in [-0.15, -0.1) is 5.10 Å². The Balaban J connectivity index is 1.19. The second-order valence-electron chi connectivity index (χ2n) is 9.31. The minimum atomic E-state index is -2.77. The van der Waals surface area contributed by atoms with Gasteiger partial charge in [0.15, 0.2) is 5.82 Å². The lowest BCUT2D eigenvalue weighted by Crippen LogP contribution is -2.48. The van der Waals surface area contributed by atoms with E-state index >= 15 is 0 Å². The Labute approximate surface area is 232 Å². The number of anilines is 3. The summed E-state index contributed by atoms with van der Waals surface area (Å²) in [5.41, 5.74) is 3.25. The summed E-state index contributed by atoms with van der Waals surface area (Å²) in [5.74, 6) is 1.99. The van der Waals surface area contributed by atoms with Gasteiger partial charge in [0.25, 0.3) is 0 Å².